The van der Waals surface area contributed by atoms with Gasteiger partial charge in [-0.1, -0.05) is 20.8 Å². The van der Waals surface area contributed by atoms with Gasteiger partial charge in [0.2, 0.25) is 5.91 Å². The van der Waals surface area contributed by atoms with Crippen molar-refractivity contribution in [3.63, 3.8) is 0 Å². The highest BCUT2D eigenvalue weighted by Crippen LogP contribution is 2.22. The van der Waals surface area contributed by atoms with Crippen molar-refractivity contribution >= 4 is 17.7 Å². The maximum absolute atomic E-state index is 11.7. The maximum atomic E-state index is 11.7. The number of hydrogen-bond acceptors (Lipinski definition) is 4. The number of aliphatic carboxylic acids is 1. The second kappa shape index (κ2) is 4.57. The molecular formula is C11H17N3O3. The topological polar surface area (TPSA) is 98.2 Å². The van der Waals surface area contributed by atoms with Crippen molar-refractivity contribution in [2.45, 2.75) is 39.0 Å². The fraction of sp³-hybridized carbons (Fsp3) is 0.545. The van der Waals surface area contributed by atoms with Gasteiger partial charge in [0, 0.05) is 17.9 Å². The predicted octanol–water partition coefficient (Wildman–Crippen LogP) is 1.27. The number of carbonyl (C=O) groups excluding carboxylic acids is 1. The third-order valence-corrected chi connectivity index (χ3v) is 2.29. The van der Waals surface area contributed by atoms with Gasteiger partial charge >= 0.3 is 5.97 Å². The van der Waals surface area contributed by atoms with Crippen LogP contribution in [0.3, 0.4) is 0 Å². The lowest BCUT2D eigenvalue weighted by atomic mass is 9.92. The number of anilines is 1. The summed E-state index contributed by atoms with van der Waals surface area (Å²) in [5.41, 5.74) is 6.18. The van der Waals surface area contributed by atoms with E-state index in [0.29, 0.717) is 5.69 Å². The summed E-state index contributed by atoms with van der Waals surface area (Å²) in [5, 5.41) is 12.6. The van der Waals surface area contributed by atoms with Crippen molar-refractivity contribution in [3.05, 3.63) is 11.8 Å². The summed E-state index contributed by atoms with van der Waals surface area (Å²) in [6.45, 7) is 5.88. The average Bonchev–Trinajstić information content (AvgIpc) is 2.56. The van der Waals surface area contributed by atoms with E-state index >= 15 is 0 Å². The van der Waals surface area contributed by atoms with Crippen LogP contribution in [-0.4, -0.2) is 26.8 Å². The molecule has 0 aliphatic carbocycles. The van der Waals surface area contributed by atoms with Crippen LogP contribution in [0, 0.1) is 0 Å². The van der Waals surface area contributed by atoms with E-state index in [9.17, 15) is 9.59 Å². The molecule has 0 amide bonds. The number of carboxylic acid groups (broad SMARTS) is 1. The van der Waals surface area contributed by atoms with Crippen LogP contribution >= 0.6 is 0 Å². The Balaban J connectivity index is 2.88. The van der Waals surface area contributed by atoms with Crippen LogP contribution in [0.1, 0.15) is 44.1 Å². The molecule has 1 aromatic rings. The fourth-order valence-corrected chi connectivity index (χ4v) is 1.28. The summed E-state index contributed by atoms with van der Waals surface area (Å²) < 4.78 is 1.07. The number of nitrogens with zero attached hydrogens (tertiary/aromatic N) is 2. The van der Waals surface area contributed by atoms with Crippen LogP contribution in [0.15, 0.2) is 6.07 Å². The Morgan fingerprint density at radius 1 is 1.41 bits per heavy atom. The Kier molecular flexibility index (Phi) is 3.55. The lowest BCUT2D eigenvalue weighted by Gasteiger charge is -2.13. The normalized spacial score (nSPS) is 11.5. The van der Waals surface area contributed by atoms with Gasteiger partial charge in [0.1, 0.15) is 5.82 Å². The van der Waals surface area contributed by atoms with Crippen LogP contribution in [-0.2, 0) is 10.2 Å². The van der Waals surface area contributed by atoms with Gasteiger partial charge in [-0.05, 0) is 0 Å². The summed E-state index contributed by atoms with van der Waals surface area (Å²) in [6.07, 6.45) is -0.326. The molecule has 0 saturated carbocycles. The number of nitrogens with two attached hydrogens (primary N) is 1. The van der Waals surface area contributed by atoms with Gasteiger partial charge in [0.05, 0.1) is 12.1 Å². The molecule has 0 saturated heterocycles. The Labute approximate surface area is 99.4 Å². The summed E-state index contributed by atoms with van der Waals surface area (Å²) in [5.74, 6) is -1.18. The lowest BCUT2D eigenvalue weighted by Crippen LogP contribution is -2.18. The molecule has 94 valence electrons. The van der Waals surface area contributed by atoms with E-state index in [0.717, 1.165) is 4.68 Å². The molecule has 17 heavy (non-hydrogen) atoms. The quantitative estimate of drug-likeness (QED) is 0.827. The molecule has 0 aromatic carbocycles. The number of nitrogen functional groups attached to an aromatic ring is 1. The minimum atomic E-state index is -1.01. The number of aromatic nitrogens is 2. The van der Waals surface area contributed by atoms with Crippen molar-refractivity contribution in [1.29, 1.82) is 0 Å². The monoisotopic (exact) mass is 239 g/mol. The zero-order valence-electron chi connectivity index (χ0n) is 10.2. The van der Waals surface area contributed by atoms with Crippen LogP contribution in [0.25, 0.3) is 0 Å². The predicted molar refractivity (Wildman–Crippen MR) is 62.8 cm³/mol. The van der Waals surface area contributed by atoms with Gasteiger partial charge in [-0.2, -0.15) is 9.78 Å². The van der Waals surface area contributed by atoms with E-state index in [4.69, 9.17) is 10.8 Å². The van der Waals surface area contributed by atoms with Crippen molar-refractivity contribution < 1.29 is 14.7 Å². The molecule has 0 atom stereocenters. The highest BCUT2D eigenvalue weighted by Gasteiger charge is 2.21. The highest BCUT2D eigenvalue weighted by atomic mass is 16.4. The van der Waals surface area contributed by atoms with E-state index in [1.807, 2.05) is 20.8 Å². The number of rotatable bonds is 3. The van der Waals surface area contributed by atoms with E-state index < -0.39 is 11.9 Å². The summed E-state index contributed by atoms with van der Waals surface area (Å²) in [6, 6.07) is 1.64. The largest absolute Gasteiger partial charge is 0.481 e. The standard InChI is InChI=1S/C11H17N3O3/c1-11(2,3)7-6-8(12)14(13-7)9(15)4-5-10(16)17/h6H,4-5,12H2,1-3H3,(H,16,17). The molecule has 0 fully saturated rings. The molecule has 6 heteroatoms. The van der Waals surface area contributed by atoms with E-state index in [1.54, 1.807) is 6.07 Å². The molecule has 6 nitrogen and oxygen atoms in total. The molecule has 0 aliphatic heterocycles. The summed E-state index contributed by atoms with van der Waals surface area (Å²) in [4.78, 5) is 22.0. The van der Waals surface area contributed by atoms with Gasteiger partial charge in [-0.3, -0.25) is 9.59 Å². The van der Waals surface area contributed by atoms with E-state index in [2.05, 4.69) is 5.10 Å². The lowest BCUT2D eigenvalue weighted by molar-refractivity contribution is -0.137. The third kappa shape index (κ3) is 3.30. The molecule has 0 radical (unpaired) electrons. The molecule has 0 bridgehead atoms. The van der Waals surface area contributed by atoms with Gasteiger partial charge < -0.3 is 10.8 Å². The third-order valence-electron chi connectivity index (χ3n) is 2.29. The zero-order chi connectivity index (χ0) is 13.2. The van der Waals surface area contributed by atoms with E-state index in [-0.39, 0.29) is 24.1 Å². The van der Waals surface area contributed by atoms with Gasteiger partial charge in [-0.15, -0.1) is 0 Å². The van der Waals surface area contributed by atoms with Crippen LogP contribution in [0.2, 0.25) is 0 Å². The van der Waals surface area contributed by atoms with Crippen molar-refractivity contribution in [2.75, 3.05) is 5.73 Å². The Morgan fingerprint density at radius 3 is 2.41 bits per heavy atom. The van der Waals surface area contributed by atoms with E-state index in [1.165, 1.54) is 0 Å². The smallest absolute Gasteiger partial charge is 0.303 e. The number of carbonyl (C=O) groups is 2. The summed E-state index contributed by atoms with van der Waals surface area (Å²) >= 11 is 0. The average molecular weight is 239 g/mol. The molecular weight excluding hydrogens is 222 g/mol. The molecule has 1 aromatic heterocycles. The SMILES string of the molecule is CC(C)(C)c1cc(N)n(C(=O)CCC(=O)O)n1. The minimum absolute atomic E-state index is 0.106. The molecule has 0 aliphatic rings. The molecule has 3 N–H and O–H groups in total. The fourth-order valence-electron chi connectivity index (χ4n) is 1.28. The first-order chi connectivity index (χ1) is 7.71. The van der Waals surface area contributed by atoms with Gasteiger partial charge in [0.15, 0.2) is 0 Å². The first-order valence-electron chi connectivity index (χ1n) is 5.33. The Morgan fingerprint density at radius 2 is 2.00 bits per heavy atom. The second-order valence-corrected chi connectivity index (χ2v) is 4.90. The van der Waals surface area contributed by atoms with Crippen LogP contribution in [0.4, 0.5) is 5.82 Å². The first kappa shape index (κ1) is 13.2. The first-order valence-corrected chi connectivity index (χ1v) is 5.33. The van der Waals surface area contributed by atoms with Crippen molar-refractivity contribution in [2.24, 2.45) is 0 Å². The molecule has 1 heterocycles. The molecule has 0 unspecified atom stereocenters. The summed E-state index contributed by atoms with van der Waals surface area (Å²) in [7, 11) is 0. The van der Waals surface area contributed by atoms with Crippen LogP contribution in [0.5, 0.6) is 0 Å². The second-order valence-electron chi connectivity index (χ2n) is 4.90. The van der Waals surface area contributed by atoms with Crippen molar-refractivity contribution in [3.8, 4) is 0 Å². The minimum Gasteiger partial charge on any atom is -0.481 e. The van der Waals surface area contributed by atoms with Crippen LogP contribution < -0.4 is 5.73 Å². The van der Waals surface area contributed by atoms with Gasteiger partial charge in [-0.25, -0.2) is 0 Å². The highest BCUT2D eigenvalue weighted by molar-refractivity contribution is 5.84. The maximum Gasteiger partial charge on any atom is 0.303 e. The van der Waals surface area contributed by atoms with Crippen molar-refractivity contribution in [1.82, 2.24) is 9.78 Å². The molecule has 1 rings (SSSR count). The van der Waals surface area contributed by atoms with Gasteiger partial charge in [0.25, 0.3) is 0 Å². The Bertz CT molecular complexity index is 443. The Hall–Kier alpha value is -1.85. The zero-order valence-corrected chi connectivity index (χ0v) is 10.2. The molecule has 0 spiro atoms. The number of carboxylic acids is 1. The number of hydrogen-bond donors (Lipinski definition) is 2.